The minimum absolute atomic E-state index is 0.166. The minimum Gasteiger partial charge on any atom is -0.350 e. The average molecular weight is 332 g/mol. The van der Waals surface area contributed by atoms with Crippen LogP contribution in [0.2, 0.25) is 0 Å². The number of likely N-dealkylation sites (N-methyl/N-ethyl adjacent to an activating group) is 1. The molecule has 4 nitrogen and oxygen atoms in total. The summed E-state index contributed by atoms with van der Waals surface area (Å²) in [5.41, 5.74) is 2.53. The molecule has 0 aromatic heterocycles. The second kappa shape index (κ2) is 9.01. The second-order valence-corrected chi connectivity index (χ2v) is 6.21. The molecule has 24 heavy (non-hydrogen) atoms. The van der Waals surface area contributed by atoms with Gasteiger partial charge in [-0.05, 0) is 45.4 Å². The first-order chi connectivity index (χ1) is 11.2. The van der Waals surface area contributed by atoms with Gasteiger partial charge < -0.3 is 10.2 Å². The van der Waals surface area contributed by atoms with E-state index in [0.717, 1.165) is 16.7 Å². The van der Waals surface area contributed by atoms with Gasteiger partial charge in [-0.1, -0.05) is 23.3 Å². The van der Waals surface area contributed by atoms with Gasteiger partial charge in [0.05, 0.1) is 6.04 Å². The summed E-state index contributed by atoms with van der Waals surface area (Å²) < 4.78 is 13.2. The minimum atomic E-state index is -0.386. The summed E-state index contributed by atoms with van der Waals surface area (Å²) in [5, 5.41) is 2.79. The predicted octanol–water partition coefficient (Wildman–Crippen LogP) is 3.37. The molecule has 1 aromatic rings. The fraction of sp³-hybridized carbons (Fsp3) is 0.368. The van der Waals surface area contributed by atoms with E-state index in [0.29, 0.717) is 0 Å². The largest absolute Gasteiger partial charge is 0.350 e. The monoisotopic (exact) mass is 332 g/mol. The highest BCUT2D eigenvalue weighted by atomic mass is 19.1. The van der Waals surface area contributed by atoms with E-state index in [1.807, 2.05) is 27.7 Å². The molecule has 1 aromatic carbocycles. The van der Waals surface area contributed by atoms with Crippen molar-refractivity contribution in [1.29, 1.82) is 0 Å². The number of nitrogens with one attached hydrogen (secondary N) is 1. The lowest BCUT2D eigenvalue weighted by molar-refractivity contribution is -0.127. The Balaban J connectivity index is 3.01. The number of hydrogen-bond donors (Lipinski definition) is 1. The van der Waals surface area contributed by atoms with Gasteiger partial charge in [0.25, 0.3) is 0 Å². The molecular formula is C19H25FN2O2. The number of rotatable bonds is 6. The first kappa shape index (κ1) is 19.6. The van der Waals surface area contributed by atoms with Gasteiger partial charge in [0, 0.05) is 25.7 Å². The number of amides is 2. The third kappa shape index (κ3) is 6.36. The van der Waals surface area contributed by atoms with Crippen molar-refractivity contribution in [3.05, 3.63) is 58.9 Å². The Bertz CT molecular complexity index is 640. The Morgan fingerprint density at radius 3 is 2.12 bits per heavy atom. The first-order valence-electron chi connectivity index (χ1n) is 7.80. The Hall–Kier alpha value is -2.43. The third-order valence-corrected chi connectivity index (χ3v) is 3.37. The van der Waals surface area contributed by atoms with E-state index in [4.69, 9.17) is 0 Å². The normalized spacial score (nSPS) is 11.2. The number of carbonyl (C=O) groups is 2. The van der Waals surface area contributed by atoms with Gasteiger partial charge in [-0.15, -0.1) is 0 Å². The van der Waals surface area contributed by atoms with Crippen molar-refractivity contribution in [2.45, 2.75) is 33.7 Å². The molecule has 2 amide bonds. The number of benzene rings is 1. The zero-order chi connectivity index (χ0) is 18.3. The maximum absolute atomic E-state index is 13.2. The van der Waals surface area contributed by atoms with Gasteiger partial charge >= 0.3 is 0 Å². The summed E-state index contributed by atoms with van der Waals surface area (Å²) in [5.74, 6) is -0.727. The summed E-state index contributed by atoms with van der Waals surface area (Å²) in [6.07, 6.45) is 3.04. The van der Waals surface area contributed by atoms with Crippen molar-refractivity contribution in [1.82, 2.24) is 10.2 Å². The summed E-state index contributed by atoms with van der Waals surface area (Å²) >= 11 is 0. The molecule has 0 aliphatic heterocycles. The van der Waals surface area contributed by atoms with Gasteiger partial charge in [0.1, 0.15) is 5.82 Å². The van der Waals surface area contributed by atoms with Gasteiger partial charge in [-0.2, -0.15) is 0 Å². The second-order valence-electron chi connectivity index (χ2n) is 6.21. The average Bonchev–Trinajstić information content (AvgIpc) is 2.47. The van der Waals surface area contributed by atoms with Crippen LogP contribution in [0.15, 0.2) is 47.6 Å². The van der Waals surface area contributed by atoms with Crippen molar-refractivity contribution in [3.8, 4) is 0 Å². The molecule has 0 aliphatic carbocycles. The lowest BCUT2D eigenvalue weighted by atomic mass is 10.0. The van der Waals surface area contributed by atoms with Gasteiger partial charge in [0.2, 0.25) is 11.8 Å². The zero-order valence-electron chi connectivity index (χ0n) is 14.9. The molecule has 0 spiro atoms. The quantitative estimate of drug-likeness (QED) is 0.812. The lowest BCUT2D eigenvalue weighted by Crippen LogP contribution is -2.38. The highest BCUT2D eigenvalue weighted by molar-refractivity contribution is 5.89. The molecule has 0 radical (unpaired) electrons. The molecule has 130 valence electrons. The fourth-order valence-corrected chi connectivity index (χ4v) is 2.18. The summed E-state index contributed by atoms with van der Waals surface area (Å²) in [6.45, 7) is 7.60. The Labute approximate surface area is 143 Å². The highest BCUT2D eigenvalue weighted by Gasteiger charge is 2.21. The van der Waals surface area contributed by atoms with E-state index in [1.54, 1.807) is 24.1 Å². The third-order valence-electron chi connectivity index (χ3n) is 3.37. The molecular weight excluding hydrogens is 307 g/mol. The molecule has 1 N–H and O–H groups in total. The van der Waals surface area contributed by atoms with Gasteiger partial charge in [-0.3, -0.25) is 9.59 Å². The van der Waals surface area contributed by atoms with E-state index in [1.165, 1.54) is 24.3 Å². The van der Waals surface area contributed by atoms with Gasteiger partial charge in [-0.25, -0.2) is 4.39 Å². The Kier molecular flexibility index (Phi) is 7.36. The lowest BCUT2D eigenvalue weighted by Gasteiger charge is -2.28. The molecule has 0 aliphatic rings. The van der Waals surface area contributed by atoms with Crippen LogP contribution in [0.3, 0.4) is 0 Å². The molecule has 0 heterocycles. The van der Waals surface area contributed by atoms with Crippen LogP contribution in [0, 0.1) is 5.82 Å². The van der Waals surface area contributed by atoms with E-state index in [9.17, 15) is 14.0 Å². The summed E-state index contributed by atoms with van der Waals surface area (Å²) in [4.78, 5) is 25.7. The van der Waals surface area contributed by atoms with Crippen LogP contribution in [0.25, 0.3) is 0 Å². The van der Waals surface area contributed by atoms with Gasteiger partial charge in [0.15, 0.2) is 0 Å². The van der Waals surface area contributed by atoms with Crippen LogP contribution >= 0.6 is 0 Å². The van der Waals surface area contributed by atoms with Crippen molar-refractivity contribution in [2.75, 3.05) is 13.6 Å². The maximum Gasteiger partial charge on any atom is 0.246 e. The van der Waals surface area contributed by atoms with E-state index in [2.05, 4.69) is 5.32 Å². The van der Waals surface area contributed by atoms with Crippen molar-refractivity contribution in [2.24, 2.45) is 0 Å². The standard InChI is InChI=1S/C19H25FN2O2/c1-13(2)10-18(23)21-12-17(15-6-8-16(20)9-7-15)22(5)19(24)11-14(3)4/h6-11,17H,12H2,1-5H3,(H,21,23)/t17-/m1/s1. The summed E-state index contributed by atoms with van der Waals surface area (Å²) in [7, 11) is 1.67. The van der Waals surface area contributed by atoms with Crippen LogP contribution in [0.4, 0.5) is 4.39 Å². The van der Waals surface area contributed by atoms with Crippen molar-refractivity contribution < 1.29 is 14.0 Å². The first-order valence-corrected chi connectivity index (χ1v) is 7.80. The topological polar surface area (TPSA) is 49.4 Å². The van der Waals surface area contributed by atoms with Crippen LogP contribution in [-0.2, 0) is 9.59 Å². The molecule has 5 heteroatoms. The van der Waals surface area contributed by atoms with Crippen LogP contribution in [0.5, 0.6) is 0 Å². The number of nitrogens with zero attached hydrogens (tertiary/aromatic N) is 1. The molecule has 0 saturated carbocycles. The van der Waals surface area contributed by atoms with E-state index < -0.39 is 0 Å². The summed E-state index contributed by atoms with van der Waals surface area (Å²) in [6, 6.07) is 5.56. The Morgan fingerprint density at radius 2 is 1.62 bits per heavy atom. The molecule has 0 saturated heterocycles. The smallest absolute Gasteiger partial charge is 0.246 e. The van der Waals surface area contributed by atoms with Crippen LogP contribution in [0.1, 0.15) is 39.3 Å². The fourth-order valence-electron chi connectivity index (χ4n) is 2.18. The molecule has 0 unspecified atom stereocenters. The molecule has 1 rings (SSSR count). The van der Waals surface area contributed by atoms with Crippen LogP contribution in [-0.4, -0.2) is 30.3 Å². The number of carbonyl (C=O) groups excluding carboxylic acids is 2. The number of allylic oxidation sites excluding steroid dienone is 2. The molecule has 0 fully saturated rings. The maximum atomic E-state index is 13.2. The number of halogens is 1. The highest BCUT2D eigenvalue weighted by Crippen LogP contribution is 2.20. The number of hydrogen-bond acceptors (Lipinski definition) is 2. The van der Waals surface area contributed by atoms with Crippen molar-refractivity contribution >= 4 is 11.8 Å². The predicted molar refractivity (Wildman–Crippen MR) is 93.8 cm³/mol. The van der Waals surface area contributed by atoms with E-state index >= 15 is 0 Å². The molecule has 1 atom stereocenters. The Morgan fingerprint density at radius 1 is 1.08 bits per heavy atom. The molecule has 0 bridgehead atoms. The van der Waals surface area contributed by atoms with Crippen LogP contribution < -0.4 is 5.32 Å². The zero-order valence-corrected chi connectivity index (χ0v) is 14.9. The SMILES string of the molecule is CC(C)=CC(=O)NC[C@H](c1ccc(F)cc1)N(C)C(=O)C=C(C)C. The van der Waals surface area contributed by atoms with E-state index in [-0.39, 0.29) is 30.2 Å². The van der Waals surface area contributed by atoms with Crippen molar-refractivity contribution in [3.63, 3.8) is 0 Å².